The minimum Gasteiger partial charge on any atom is -0.358 e. The molecule has 146 valence electrons. The summed E-state index contributed by atoms with van der Waals surface area (Å²) in [5.41, 5.74) is 4.36. The van der Waals surface area contributed by atoms with Crippen molar-refractivity contribution in [2.45, 2.75) is 44.4 Å². The number of alkyl halides is 2. The fraction of sp³-hybridized carbons (Fsp3) is 0.350. The average molecular weight is 385 g/mol. The molecule has 0 radical (unpaired) electrons. The summed E-state index contributed by atoms with van der Waals surface area (Å²) in [7, 11) is 0. The Bertz CT molecular complexity index is 1010. The van der Waals surface area contributed by atoms with Gasteiger partial charge in [0.25, 0.3) is 0 Å². The van der Waals surface area contributed by atoms with Gasteiger partial charge in [-0.3, -0.25) is 9.97 Å². The van der Waals surface area contributed by atoms with E-state index in [9.17, 15) is 13.6 Å². The van der Waals surface area contributed by atoms with Gasteiger partial charge in [0.05, 0.1) is 23.1 Å². The Morgan fingerprint density at radius 2 is 2.04 bits per heavy atom. The quantitative estimate of drug-likeness (QED) is 0.579. The molecule has 0 spiro atoms. The second-order valence-electron chi connectivity index (χ2n) is 7.24. The molecular formula is C20H21F2N5O. The number of aromatic amines is 1. The Kier molecular flexibility index (Phi) is 4.70. The minimum atomic E-state index is -2.55. The Morgan fingerprint density at radius 3 is 2.79 bits per heavy atom. The lowest BCUT2D eigenvalue weighted by atomic mass is 9.83. The molecule has 1 saturated carbocycles. The highest BCUT2D eigenvalue weighted by Gasteiger charge is 2.36. The number of nitrogens with one attached hydrogen (secondary N) is 3. The van der Waals surface area contributed by atoms with Crippen LogP contribution in [-0.2, 0) is 0 Å². The molecule has 0 unspecified atom stereocenters. The molecule has 3 heterocycles. The number of anilines is 2. The SMILES string of the molecule is Cc1cc(NC(=O)Nc2c[nH]c3cccnc23)cnc1C1CCC(F)(F)CC1. The van der Waals surface area contributed by atoms with E-state index in [2.05, 4.69) is 25.6 Å². The van der Waals surface area contributed by atoms with Crippen LogP contribution in [0, 0.1) is 6.92 Å². The first-order valence-corrected chi connectivity index (χ1v) is 9.26. The van der Waals surface area contributed by atoms with Crippen molar-refractivity contribution in [2.24, 2.45) is 0 Å². The third-order valence-electron chi connectivity index (χ3n) is 5.16. The van der Waals surface area contributed by atoms with Gasteiger partial charge in [0.15, 0.2) is 0 Å². The van der Waals surface area contributed by atoms with Gasteiger partial charge in [0, 0.05) is 36.8 Å². The molecule has 1 aliphatic carbocycles. The van der Waals surface area contributed by atoms with Crippen molar-refractivity contribution in [3.8, 4) is 0 Å². The van der Waals surface area contributed by atoms with Crippen molar-refractivity contribution >= 4 is 28.4 Å². The highest BCUT2D eigenvalue weighted by molar-refractivity contribution is 6.04. The van der Waals surface area contributed by atoms with E-state index in [1.807, 2.05) is 25.1 Å². The summed E-state index contributed by atoms with van der Waals surface area (Å²) in [6.45, 7) is 1.89. The summed E-state index contributed by atoms with van der Waals surface area (Å²) in [5, 5.41) is 5.52. The smallest absolute Gasteiger partial charge is 0.323 e. The van der Waals surface area contributed by atoms with E-state index in [0.29, 0.717) is 29.7 Å². The maximum absolute atomic E-state index is 13.4. The highest BCUT2D eigenvalue weighted by atomic mass is 19.3. The number of halogens is 2. The fourth-order valence-corrected chi connectivity index (χ4v) is 3.73. The maximum Gasteiger partial charge on any atom is 0.323 e. The van der Waals surface area contributed by atoms with Crippen LogP contribution < -0.4 is 10.6 Å². The van der Waals surface area contributed by atoms with Gasteiger partial charge >= 0.3 is 6.03 Å². The van der Waals surface area contributed by atoms with Gasteiger partial charge in [-0.25, -0.2) is 13.6 Å². The van der Waals surface area contributed by atoms with E-state index in [-0.39, 0.29) is 18.8 Å². The molecule has 0 bridgehead atoms. The number of carbonyl (C=O) groups is 1. The topological polar surface area (TPSA) is 82.7 Å². The first-order chi connectivity index (χ1) is 13.4. The van der Waals surface area contributed by atoms with Crippen LogP contribution in [0.25, 0.3) is 11.0 Å². The largest absolute Gasteiger partial charge is 0.358 e. The third-order valence-corrected chi connectivity index (χ3v) is 5.16. The van der Waals surface area contributed by atoms with Gasteiger partial charge in [-0.1, -0.05) is 0 Å². The minimum absolute atomic E-state index is 0.0415. The summed E-state index contributed by atoms with van der Waals surface area (Å²) < 4.78 is 26.7. The van der Waals surface area contributed by atoms with Gasteiger partial charge < -0.3 is 15.6 Å². The van der Waals surface area contributed by atoms with E-state index in [0.717, 1.165) is 16.8 Å². The molecule has 3 aromatic rings. The van der Waals surface area contributed by atoms with E-state index < -0.39 is 12.0 Å². The number of carbonyl (C=O) groups excluding carboxylic acids is 1. The first kappa shape index (κ1) is 18.3. The van der Waals surface area contributed by atoms with Crippen molar-refractivity contribution in [1.29, 1.82) is 0 Å². The molecule has 2 amide bonds. The van der Waals surface area contributed by atoms with Crippen LogP contribution in [0.4, 0.5) is 25.0 Å². The van der Waals surface area contributed by atoms with Crippen LogP contribution in [0.2, 0.25) is 0 Å². The zero-order valence-electron chi connectivity index (χ0n) is 15.4. The summed E-state index contributed by atoms with van der Waals surface area (Å²) in [4.78, 5) is 24.1. The molecular weight excluding hydrogens is 364 g/mol. The predicted octanol–water partition coefficient (Wildman–Crippen LogP) is 5.20. The number of H-pyrrole nitrogens is 1. The fourth-order valence-electron chi connectivity index (χ4n) is 3.73. The monoisotopic (exact) mass is 385 g/mol. The summed E-state index contributed by atoms with van der Waals surface area (Å²) in [5.74, 6) is -2.51. The highest BCUT2D eigenvalue weighted by Crippen LogP contribution is 2.41. The van der Waals surface area contributed by atoms with Crippen LogP contribution in [0.3, 0.4) is 0 Å². The van der Waals surface area contributed by atoms with Crippen LogP contribution in [0.15, 0.2) is 36.8 Å². The second kappa shape index (κ2) is 7.18. The number of fused-ring (bicyclic) bond motifs is 1. The normalized spacial score (nSPS) is 16.8. The van der Waals surface area contributed by atoms with Crippen LogP contribution in [-0.4, -0.2) is 26.9 Å². The van der Waals surface area contributed by atoms with E-state index in [4.69, 9.17) is 0 Å². The number of aromatic nitrogens is 3. The van der Waals surface area contributed by atoms with E-state index in [1.165, 1.54) is 0 Å². The van der Waals surface area contributed by atoms with E-state index >= 15 is 0 Å². The lowest BCUT2D eigenvalue weighted by Gasteiger charge is -2.28. The van der Waals surface area contributed by atoms with Gasteiger partial charge in [0.2, 0.25) is 5.92 Å². The molecule has 0 saturated heterocycles. The number of rotatable bonds is 3. The van der Waals surface area contributed by atoms with E-state index in [1.54, 1.807) is 18.6 Å². The molecule has 0 aromatic carbocycles. The molecule has 8 heteroatoms. The Morgan fingerprint density at radius 1 is 1.25 bits per heavy atom. The van der Waals surface area contributed by atoms with Crippen molar-refractivity contribution in [2.75, 3.05) is 10.6 Å². The predicted molar refractivity (Wildman–Crippen MR) is 104 cm³/mol. The number of aryl methyl sites for hydroxylation is 1. The molecule has 1 aliphatic rings. The third kappa shape index (κ3) is 3.81. The number of hydrogen-bond donors (Lipinski definition) is 3. The number of hydrogen-bond acceptors (Lipinski definition) is 3. The molecule has 1 fully saturated rings. The molecule has 6 nitrogen and oxygen atoms in total. The average Bonchev–Trinajstić information content (AvgIpc) is 3.05. The number of amides is 2. The lowest BCUT2D eigenvalue weighted by molar-refractivity contribution is -0.0385. The molecule has 3 aromatic heterocycles. The van der Waals surface area contributed by atoms with Gasteiger partial charge in [-0.2, -0.15) is 0 Å². The number of nitrogens with zero attached hydrogens (tertiary/aromatic N) is 2. The zero-order chi connectivity index (χ0) is 19.7. The summed E-state index contributed by atoms with van der Waals surface area (Å²) >= 11 is 0. The van der Waals surface area contributed by atoms with Crippen molar-refractivity contribution in [3.63, 3.8) is 0 Å². The van der Waals surface area contributed by atoms with Crippen LogP contribution >= 0.6 is 0 Å². The molecule has 0 atom stereocenters. The van der Waals surface area contributed by atoms with Gasteiger partial charge in [0.1, 0.15) is 5.52 Å². The van der Waals surface area contributed by atoms with Gasteiger partial charge in [-0.15, -0.1) is 0 Å². The molecule has 0 aliphatic heterocycles. The lowest BCUT2D eigenvalue weighted by Crippen LogP contribution is -2.24. The Balaban J connectivity index is 1.42. The summed E-state index contributed by atoms with van der Waals surface area (Å²) in [6.07, 6.45) is 5.58. The Labute approximate surface area is 160 Å². The number of urea groups is 1. The first-order valence-electron chi connectivity index (χ1n) is 9.26. The summed E-state index contributed by atoms with van der Waals surface area (Å²) in [6, 6.07) is 5.10. The molecule has 3 N–H and O–H groups in total. The zero-order valence-corrected chi connectivity index (χ0v) is 15.4. The maximum atomic E-state index is 13.4. The van der Waals surface area contributed by atoms with Crippen molar-refractivity contribution in [3.05, 3.63) is 48.0 Å². The van der Waals surface area contributed by atoms with Crippen LogP contribution in [0.5, 0.6) is 0 Å². The van der Waals surface area contributed by atoms with Crippen molar-refractivity contribution < 1.29 is 13.6 Å². The Hall–Kier alpha value is -3.03. The van der Waals surface area contributed by atoms with Crippen LogP contribution in [0.1, 0.15) is 42.9 Å². The standard InChI is InChI=1S/C20H21F2N5O/c1-12-9-14(10-25-17(12)13-4-6-20(21,22)7-5-13)26-19(28)27-16-11-24-15-3-2-8-23-18(15)16/h2-3,8-11,13,24H,4-7H2,1H3,(H2,26,27,28). The molecule has 4 rings (SSSR count). The number of pyridine rings is 2. The van der Waals surface area contributed by atoms with Crippen molar-refractivity contribution in [1.82, 2.24) is 15.0 Å². The second-order valence-corrected chi connectivity index (χ2v) is 7.24. The van der Waals surface area contributed by atoms with Gasteiger partial charge in [-0.05, 0) is 43.5 Å². The molecule has 28 heavy (non-hydrogen) atoms.